The van der Waals surface area contributed by atoms with Crippen LogP contribution in [0.2, 0.25) is 0 Å². The van der Waals surface area contributed by atoms with Gasteiger partial charge in [-0.1, -0.05) is 18.2 Å². The molecule has 0 saturated carbocycles. The summed E-state index contributed by atoms with van der Waals surface area (Å²) in [5, 5.41) is 9.13. The Labute approximate surface area is 118 Å². The number of hydrogen-bond acceptors (Lipinski definition) is 4. The average molecular weight is 273 g/mol. The van der Waals surface area contributed by atoms with Gasteiger partial charge in [-0.25, -0.2) is 0 Å². The number of nitrogens with one attached hydrogen (secondary N) is 2. The molecular weight excluding hydrogens is 254 g/mol. The van der Waals surface area contributed by atoms with Gasteiger partial charge in [0, 0.05) is 31.9 Å². The number of amides is 1. The predicted molar refractivity (Wildman–Crippen MR) is 79.7 cm³/mol. The number of aromatic amines is 1. The zero-order valence-corrected chi connectivity index (χ0v) is 11.5. The van der Waals surface area contributed by atoms with E-state index in [0.29, 0.717) is 18.1 Å². The van der Waals surface area contributed by atoms with E-state index in [1.54, 1.807) is 0 Å². The van der Waals surface area contributed by atoms with E-state index >= 15 is 0 Å². The Bertz CT molecular complexity index is 552. The van der Waals surface area contributed by atoms with Crippen molar-refractivity contribution >= 4 is 17.4 Å². The lowest BCUT2D eigenvalue weighted by atomic mass is 10.3. The van der Waals surface area contributed by atoms with Crippen LogP contribution in [-0.2, 0) is 0 Å². The quantitative estimate of drug-likeness (QED) is 0.691. The smallest absolute Gasteiger partial charge is 0.269 e. The molecule has 0 aliphatic rings. The van der Waals surface area contributed by atoms with Crippen molar-refractivity contribution in [1.82, 2.24) is 15.5 Å². The van der Waals surface area contributed by atoms with Crippen LogP contribution in [0, 0.1) is 0 Å². The largest absolute Gasteiger partial charge is 0.382 e. The molecule has 1 amide bonds. The molecule has 4 N–H and O–H groups in total. The molecule has 2 rings (SSSR count). The first-order valence-corrected chi connectivity index (χ1v) is 6.52. The van der Waals surface area contributed by atoms with E-state index < -0.39 is 0 Å². The zero-order valence-electron chi connectivity index (χ0n) is 11.5. The molecule has 0 bridgehead atoms. The minimum atomic E-state index is -0.184. The Morgan fingerprint density at radius 1 is 1.40 bits per heavy atom. The Balaban J connectivity index is 1.70. The van der Waals surface area contributed by atoms with Crippen molar-refractivity contribution in [3.8, 4) is 0 Å². The maximum atomic E-state index is 11.7. The molecule has 1 heterocycles. The number of anilines is 2. The summed E-state index contributed by atoms with van der Waals surface area (Å²) in [6.07, 6.45) is 0.862. The van der Waals surface area contributed by atoms with E-state index in [1.807, 2.05) is 25.2 Å². The van der Waals surface area contributed by atoms with Crippen LogP contribution in [0.15, 0.2) is 36.4 Å². The number of nitrogens with two attached hydrogens (primary N) is 1. The van der Waals surface area contributed by atoms with Gasteiger partial charge >= 0.3 is 0 Å². The molecule has 0 unspecified atom stereocenters. The van der Waals surface area contributed by atoms with Crippen LogP contribution in [0.25, 0.3) is 0 Å². The molecule has 0 radical (unpaired) electrons. The Morgan fingerprint density at radius 2 is 2.15 bits per heavy atom. The monoisotopic (exact) mass is 273 g/mol. The topological polar surface area (TPSA) is 87.0 Å². The van der Waals surface area contributed by atoms with Gasteiger partial charge in [0.25, 0.3) is 5.91 Å². The van der Waals surface area contributed by atoms with Crippen molar-refractivity contribution in [2.75, 3.05) is 30.8 Å². The third-order valence-electron chi connectivity index (χ3n) is 3.00. The molecule has 0 atom stereocenters. The minimum absolute atomic E-state index is 0.184. The highest BCUT2D eigenvalue weighted by molar-refractivity contribution is 5.92. The molecule has 1 aromatic heterocycles. The van der Waals surface area contributed by atoms with E-state index in [9.17, 15) is 4.79 Å². The lowest BCUT2D eigenvalue weighted by molar-refractivity contribution is 0.0948. The molecule has 1 aromatic carbocycles. The van der Waals surface area contributed by atoms with Crippen molar-refractivity contribution in [3.05, 3.63) is 42.1 Å². The second kappa shape index (κ2) is 6.60. The van der Waals surface area contributed by atoms with E-state index in [2.05, 4.69) is 32.5 Å². The number of nitrogen functional groups attached to an aromatic ring is 1. The van der Waals surface area contributed by atoms with Gasteiger partial charge < -0.3 is 16.0 Å². The van der Waals surface area contributed by atoms with Crippen LogP contribution in [-0.4, -0.2) is 36.2 Å². The van der Waals surface area contributed by atoms with E-state index in [-0.39, 0.29) is 5.91 Å². The molecule has 20 heavy (non-hydrogen) atoms. The normalized spacial score (nSPS) is 10.2. The van der Waals surface area contributed by atoms with Crippen LogP contribution in [0.3, 0.4) is 0 Å². The van der Waals surface area contributed by atoms with Crippen molar-refractivity contribution in [2.24, 2.45) is 0 Å². The number of carbonyl (C=O) groups excluding carboxylic acids is 1. The summed E-state index contributed by atoms with van der Waals surface area (Å²) in [6, 6.07) is 11.7. The van der Waals surface area contributed by atoms with Gasteiger partial charge in [-0.05, 0) is 18.6 Å². The third-order valence-corrected chi connectivity index (χ3v) is 3.00. The zero-order chi connectivity index (χ0) is 14.4. The summed E-state index contributed by atoms with van der Waals surface area (Å²) < 4.78 is 0. The van der Waals surface area contributed by atoms with Crippen LogP contribution >= 0.6 is 0 Å². The van der Waals surface area contributed by atoms with Gasteiger partial charge in [0.1, 0.15) is 11.5 Å². The number of rotatable bonds is 6. The summed E-state index contributed by atoms with van der Waals surface area (Å²) >= 11 is 0. The summed E-state index contributed by atoms with van der Waals surface area (Å²) in [4.78, 5) is 13.9. The molecule has 0 aliphatic heterocycles. The van der Waals surface area contributed by atoms with E-state index in [4.69, 9.17) is 5.73 Å². The first-order valence-electron chi connectivity index (χ1n) is 6.52. The maximum Gasteiger partial charge on any atom is 0.269 e. The van der Waals surface area contributed by atoms with Crippen molar-refractivity contribution in [3.63, 3.8) is 0 Å². The molecule has 0 spiro atoms. The summed E-state index contributed by atoms with van der Waals surface area (Å²) in [6.45, 7) is 1.48. The van der Waals surface area contributed by atoms with Gasteiger partial charge in [0.05, 0.1) is 0 Å². The lowest BCUT2D eigenvalue weighted by Gasteiger charge is -2.19. The minimum Gasteiger partial charge on any atom is -0.382 e. The van der Waals surface area contributed by atoms with Crippen molar-refractivity contribution < 1.29 is 4.79 Å². The number of hydrogen-bond donors (Lipinski definition) is 3. The number of nitrogens with zero attached hydrogens (tertiary/aromatic N) is 2. The number of aromatic nitrogens is 2. The molecule has 0 fully saturated rings. The van der Waals surface area contributed by atoms with Crippen molar-refractivity contribution in [1.29, 1.82) is 0 Å². The first kappa shape index (κ1) is 13.9. The van der Waals surface area contributed by atoms with Crippen LogP contribution in [0.4, 0.5) is 11.5 Å². The predicted octanol–water partition coefficient (Wildman–Crippen LogP) is 1.25. The molecule has 2 aromatic rings. The van der Waals surface area contributed by atoms with E-state index in [0.717, 1.165) is 13.0 Å². The van der Waals surface area contributed by atoms with Crippen LogP contribution in [0.5, 0.6) is 0 Å². The van der Waals surface area contributed by atoms with Gasteiger partial charge in [-0.2, -0.15) is 5.10 Å². The highest BCUT2D eigenvalue weighted by atomic mass is 16.1. The van der Waals surface area contributed by atoms with E-state index in [1.165, 1.54) is 11.8 Å². The Morgan fingerprint density at radius 3 is 2.80 bits per heavy atom. The third kappa shape index (κ3) is 3.74. The molecule has 6 nitrogen and oxygen atoms in total. The number of carbonyl (C=O) groups is 1. The number of benzene rings is 1. The van der Waals surface area contributed by atoms with Gasteiger partial charge in [0.2, 0.25) is 0 Å². The fraction of sp³-hybridized carbons (Fsp3) is 0.286. The standard InChI is InChI=1S/C14H19N5O/c1-19(11-6-3-2-4-7-11)9-5-8-16-14(20)12-10-13(15)18-17-12/h2-4,6-7,10H,5,8-9H2,1H3,(H,16,20)(H3,15,17,18). The van der Waals surface area contributed by atoms with Crippen molar-refractivity contribution in [2.45, 2.75) is 6.42 Å². The highest BCUT2D eigenvalue weighted by Gasteiger charge is 2.07. The van der Waals surface area contributed by atoms with Gasteiger partial charge in [-0.15, -0.1) is 0 Å². The number of para-hydroxylation sites is 1. The highest BCUT2D eigenvalue weighted by Crippen LogP contribution is 2.10. The van der Waals surface area contributed by atoms with Crippen LogP contribution in [0.1, 0.15) is 16.9 Å². The summed E-state index contributed by atoms with van der Waals surface area (Å²) in [5.74, 6) is 0.135. The van der Waals surface area contributed by atoms with Gasteiger partial charge in [-0.3, -0.25) is 9.89 Å². The molecule has 6 heteroatoms. The Hall–Kier alpha value is -2.50. The fourth-order valence-electron chi connectivity index (χ4n) is 1.88. The van der Waals surface area contributed by atoms with Crippen LogP contribution < -0.4 is 16.0 Å². The second-order valence-electron chi connectivity index (χ2n) is 4.57. The molecule has 0 saturated heterocycles. The lowest BCUT2D eigenvalue weighted by Crippen LogP contribution is -2.28. The fourth-order valence-corrected chi connectivity index (χ4v) is 1.88. The number of H-pyrrole nitrogens is 1. The molecule has 0 aliphatic carbocycles. The SMILES string of the molecule is CN(CCCNC(=O)c1cc(N)n[nH]1)c1ccccc1. The first-order chi connectivity index (χ1) is 9.66. The summed E-state index contributed by atoms with van der Waals surface area (Å²) in [7, 11) is 2.03. The van der Waals surface area contributed by atoms with Gasteiger partial charge in [0.15, 0.2) is 0 Å². The maximum absolute atomic E-state index is 11.7. The molecular formula is C14H19N5O. The molecule has 106 valence electrons. The average Bonchev–Trinajstić information content (AvgIpc) is 2.91. The second-order valence-corrected chi connectivity index (χ2v) is 4.57. The Kier molecular flexibility index (Phi) is 4.60. The summed E-state index contributed by atoms with van der Waals surface area (Å²) in [5.41, 5.74) is 7.00.